The van der Waals surface area contributed by atoms with E-state index in [2.05, 4.69) is 15.6 Å². The largest absolute Gasteiger partial charge is 0.465 e. The van der Waals surface area contributed by atoms with Crippen molar-refractivity contribution in [2.24, 2.45) is 28.7 Å². The summed E-state index contributed by atoms with van der Waals surface area (Å²) in [5, 5.41) is 5.05. The zero-order chi connectivity index (χ0) is 30.4. The fourth-order valence-corrected chi connectivity index (χ4v) is 4.99. The number of halogens is 4. The number of nitrogens with zero attached hydrogens (tertiary/aromatic N) is 1. The van der Waals surface area contributed by atoms with E-state index in [0.717, 1.165) is 12.8 Å². The molecule has 1 fully saturated rings. The van der Waals surface area contributed by atoms with Crippen molar-refractivity contribution in [2.75, 3.05) is 11.9 Å². The van der Waals surface area contributed by atoms with Gasteiger partial charge in [0, 0.05) is 17.5 Å². The number of anilines is 1. The lowest BCUT2D eigenvalue weighted by molar-refractivity contribution is -0.155. The molecule has 11 heteroatoms. The number of aliphatic imine (C=N–C) groups is 1. The fraction of sp³-hybridized carbons (Fsp3) is 0.484. The van der Waals surface area contributed by atoms with E-state index in [1.54, 1.807) is 36.4 Å². The molecule has 4 rings (SSSR count). The Morgan fingerprint density at radius 1 is 1.07 bits per heavy atom. The Kier molecular flexibility index (Phi) is 10.0. The first-order valence-electron chi connectivity index (χ1n) is 14.2. The molecule has 42 heavy (non-hydrogen) atoms. The smallest absolute Gasteiger partial charge is 0.389 e. The lowest BCUT2D eigenvalue weighted by Crippen LogP contribution is -2.47. The van der Waals surface area contributed by atoms with E-state index in [0.29, 0.717) is 17.5 Å². The highest BCUT2D eigenvalue weighted by atomic mass is 19.4. The van der Waals surface area contributed by atoms with Crippen molar-refractivity contribution in [3.63, 3.8) is 0 Å². The molecule has 1 heterocycles. The summed E-state index contributed by atoms with van der Waals surface area (Å²) in [5.74, 6) is -4.92. The third-order valence-corrected chi connectivity index (χ3v) is 7.29. The number of benzene rings is 2. The summed E-state index contributed by atoms with van der Waals surface area (Å²) in [4.78, 5) is 44.7. The highest BCUT2D eigenvalue weighted by molar-refractivity contribution is 6.20. The Hall–Kier alpha value is -3.76. The molecular weight excluding hydrogens is 554 g/mol. The highest BCUT2D eigenvalue weighted by Crippen LogP contribution is 2.40. The Labute approximate surface area is 242 Å². The molecule has 2 N–H and O–H groups in total. The van der Waals surface area contributed by atoms with Gasteiger partial charge in [0.15, 0.2) is 0 Å². The molecule has 3 unspecified atom stereocenters. The third-order valence-electron chi connectivity index (χ3n) is 7.29. The van der Waals surface area contributed by atoms with E-state index in [-0.39, 0.29) is 42.7 Å². The first-order chi connectivity index (χ1) is 19.9. The van der Waals surface area contributed by atoms with Crippen LogP contribution in [0.4, 0.5) is 23.2 Å². The van der Waals surface area contributed by atoms with Gasteiger partial charge in [-0.05, 0) is 37.2 Å². The fourth-order valence-electron chi connectivity index (χ4n) is 4.99. The van der Waals surface area contributed by atoms with Crippen molar-refractivity contribution in [1.29, 1.82) is 0 Å². The molecule has 226 valence electrons. The van der Waals surface area contributed by atoms with E-state index >= 15 is 0 Å². The number of para-hydroxylation sites is 1. The van der Waals surface area contributed by atoms with Gasteiger partial charge in [0.2, 0.25) is 12.1 Å². The monoisotopic (exact) mass is 589 g/mol. The quantitative estimate of drug-likeness (QED) is 0.234. The lowest BCUT2D eigenvalue weighted by Gasteiger charge is -2.27. The van der Waals surface area contributed by atoms with Crippen molar-refractivity contribution in [1.82, 2.24) is 5.32 Å². The van der Waals surface area contributed by atoms with Crippen molar-refractivity contribution < 1.29 is 36.7 Å². The number of rotatable bonds is 12. The molecule has 0 saturated heterocycles. The van der Waals surface area contributed by atoms with Gasteiger partial charge in [0.05, 0.1) is 29.8 Å². The Balaban J connectivity index is 1.66. The standard InChI is InChI=1S/C31H35F4N3O4/c1-18(2)17-42-30(41)23(16-19-13-14-19)21(11-7-15-31(33,34)35)28(39)38-27-29(40)37-26-22(10-6-12-24(26)32)25(36-27)20-8-4-3-5-9-20/h3-6,8-10,12,18-19,21,23,27H,7,11,13-17H2,1-2H3,(H,37,40)(H,38,39). The van der Waals surface area contributed by atoms with E-state index in [9.17, 15) is 31.9 Å². The van der Waals surface area contributed by atoms with Gasteiger partial charge in [-0.15, -0.1) is 0 Å². The maximum absolute atomic E-state index is 14.8. The molecule has 0 radical (unpaired) electrons. The summed E-state index contributed by atoms with van der Waals surface area (Å²) in [5.41, 5.74) is 1.00. The average Bonchev–Trinajstić information content (AvgIpc) is 3.77. The molecule has 3 atom stereocenters. The summed E-state index contributed by atoms with van der Waals surface area (Å²) in [6.45, 7) is 3.81. The second-order valence-corrected chi connectivity index (χ2v) is 11.3. The Morgan fingerprint density at radius 3 is 2.43 bits per heavy atom. The first-order valence-corrected chi connectivity index (χ1v) is 14.2. The van der Waals surface area contributed by atoms with Gasteiger partial charge in [0.25, 0.3) is 5.91 Å². The van der Waals surface area contributed by atoms with Gasteiger partial charge in [-0.25, -0.2) is 9.38 Å². The number of carbonyl (C=O) groups is 3. The van der Waals surface area contributed by atoms with Crippen LogP contribution in [0.25, 0.3) is 0 Å². The van der Waals surface area contributed by atoms with Gasteiger partial charge in [-0.1, -0.05) is 69.2 Å². The molecule has 7 nitrogen and oxygen atoms in total. The lowest BCUT2D eigenvalue weighted by atomic mass is 9.83. The normalized spacial score (nSPS) is 18.3. The van der Waals surface area contributed by atoms with Crippen LogP contribution in [0.5, 0.6) is 0 Å². The summed E-state index contributed by atoms with van der Waals surface area (Å²) < 4.78 is 59.4. The molecule has 2 aromatic rings. The van der Waals surface area contributed by atoms with Crippen LogP contribution in [0, 0.1) is 29.5 Å². The second-order valence-electron chi connectivity index (χ2n) is 11.3. The van der Waals surface area contributed by atoms with Crippen LogP contribution in [0.3, 0.4) is 0 Å². The van der Waals surface area contributed by atoms with Crippen molar-refractivity contribution in [3.8, 4) is 0 Å². The topological polar surface area (TPSA) is 96.9 Å². The molecule has 1 saturated carbocycles. The Morgan fingerprint density at radius 2 is 1.79 bits per heavy atom. The Bertz CT molecular complexity index is 1310. The van der Waals surface area contributed by atoms with Crippen LogP contribution in [0.1, 0.15) is 63.5 Å². The predicted octanol–water partition coefficient (Wildman–Crippen LogP) is 6.02. The number of alkyl halides is 3. The number of benzodiazepines with no additional fused rings is 1. The highest BCUT2D eigenvalue weighted by Gasteiger charge is 2.41. The zero-order valence-electron chi connectivity index (χ0n) is 23.5. The average molecular weight is 590 g/mol. The van der Waals surface area contributed by atoms with Crippen LogP contribution >= 0.6 is 0 Å². The molecule has 1 aliphatic carbocycles. The summed E-state index contributed by atoms with van der Waals surface area (Å²) in [6, 6.07) is 12.9. The maximum Gasteiger partial charge on any atom is 0.389 e. The minimum Gasteiger partial charge on any atom is -0.465 e. The number of ether oxygens (including phenoxy) is 1. The number of fused-ring (bicyclic) bond motifs is 1. The van der Waals surface area contributed by atoms with Crippen LogP contribution in [0.15, 0.2) is 53.5 Å². The molecular formula is C31H35F4N3O4. The van der Waals surface area contributed by atoms with Gasteiger partial charge in [-0.3, -0.25) is 14.4 Å². The summed E-state index contributed by atoms with van der Waals surface area (Å²) in [6.07, 6.45) is -5.70. The number of nitrogens with one attached hydrogen (secondary N) is 2. The molecule has 0 aromatic heterocycles. The number of hydrogen-bond donors (Lipinski definition) is 2. The molecule has 0 spiro atoms. The van der Waals surface area contributed by atoms with Crippen LogP contribution < -0.4 is 10.6 Å². The number of esters is 1. The third kappa shape index (κ3) is 8.39. The number of carbonyl (C=O) groups excluding carboxylic acids is 3. The van der Waals surface area contributed by atoms with E-state index in [4.69, 9.17) is 4.74 Å². The first kappa shape index (κ1) is 31.2. The molecule has 0 bridgehead atoms. The number of amides is 2. The SMILES string of the molecule is CC(C)COC(=O)C(CC1CC1)C(CCCC(F)(F)F)C(=O)NC1N=C(c2ccccc2)c2cccc(F)c2NC1=O. The maximum atomic E-state index is 14.8. The molecule has 2 amide bonds. The predicted molar refractivity (Wildman–Crippen MR) is 149 cm³/mol. The van der Waals surface area contributed by atoms with Crippen molar-refractivity contribution >= 4 is 29.2 Å². The van der Waals surface area contributed by atoms with Gasteiger partial charge in [0.1, 0.15) is 5.82 Å². The number of hydrogen-bond acceptors (Lipinski definition) is 5. The van der Waals surface area contributed by atoms with Crippen LogP contribution in [0.2, 0.25) is 0 Å². The van der Waals surface area contributed by atoms with Crippen molar-refractivity contribution in [3.05, 3.63) is 65.5 Å². The van der Waals surface area contributed by atoms with E-state index < -0.39 is 54.2 Å². The minimum absolute atomic E-state index is 0.0236. The molecule has 1 aliphatic heterocycles. The van der Waals surface area contributed by atoms with Gasteiger partial charge < -0.3 is 15.4 Å². The second kappa shape index (κ2) is 13.5. The van der Waals surface area contributed by atoms with Crippen LogP contribution in [-0.2, 0) is 19.1 Å². The summed E-state index contributed by atoms with van der Waals surface area (Å²) in [7, 11) is 0. The van der Waals surface area contributed by atoms with E-state index in [1.165, 1.54) is 12.1 Å². The zero-order valence-corrected chi connectivity index (χ0v) is 23.5. The van der Waals surface area contributed by atoms with Crippen LogP contribution in [-0.4, -0.2) is 42.4 Å². The molecule has 2 aliphatic rings. The minimum atomic E-state index is -4.43. The van der Waals surface area contributed by atoms with Gasteiger partial charge >= 0.3 is 12.1 Å². The van der Waals surface area contributed by atoms with E-state index in [1.807, 2.05) is 13.8 Å². The molecule has 2 aromatic carbocycles. The summed E-state index contributed by atoms with van der Waals surface area (Å²) >= 11 is 0. The van der Waals surface area contributed by atoms with Crippen molar-refractivity contribution in [2.45, 2.75) is 64.7 Å². The van der Waals surface area contributed by atoms with Gasteiger partial charge in [-0.2, -0.15) is 13.2 Å².